The highest BCUT2D eigenvalue weighted by atomic mass is 16.3. The summed E-state index contributed by atoms with van der Waals surface area (Å²) in [6.07, 6.45) is 8.85. The van der Waals surface area contributed by atoms with Gasteiger partial charge in [-0.05, 0) is 43.4 Å². The molecule has 0 aromatic heterocycles. The minimum absolute atomic E-state index is 0.0503. The average molecular weight is 222 g/mol. The standard InChI is InChI=1S/C15H26O/c1-5-15(16)11-6-8-12-13(2,3)9-7-10-14(12,15)4/h5,12,16H,1,6-11H2,2-4H3/t12-,14-,15?/m1/s1. The van der Waals surface area contributed by atoms with Gasteiger partial charge in [-0.25, -0.2) is 0 Å². The molecule has 1 N–H and O–H groups in total. The Morgan fingerprint density at radius 2 is 1.81 bits per heavy atom. The van der Waals surface area contributed by atoms with Crippen LogP contribution in [0, 0.1) is 16.7 Å². The van der Waals surface area contributed by atoms with Crippen LogP contribution in [0.4, 0.5) is 0 Å². The van der Waals surface area contributed by atoms with Crippen LogP contribution >= 0.6 is 0 Å². The molecular formula is C15H26O. The molecule has 1 nitrogen and oxygen atoms in total. The Balaban J connectivity index is 2.41. The molecule has 0 heterocycles. The van der Waals surface area contributed by atoms with Gasteiger partial charge in [-0.15, -0.1) is 6.58 Å². The van der Waals surface area contributed by atoms with Gasteiger partial charge in [0.25, 0.3) is 0 Å². The largest absolute Gasteiger partial charge is 0.385 e. The third kappa shape index (κ3) is 1.48. The molecule has 92 valence electrons. The Labute approximate surface area is 99.9 Å². The fraction of sp³-hybridized carbons (Fsp3) is 0.867. The van der Waals surface area contributed by atoms with E-state index in [1.165, 1.54) is 19.3 Å². The van der Waals surface area contributed by atoms with Gasteiger partial charge in [0.2, 0.25) is 0 Å². The maximum absolute atomic E-state index is 10.8. The first kappa shape index (κ1) is 12.2. The Kier molecular flexibility index (Phi) is 2.73. The summed E-state index contributed by atoms with van der Waals surface area (Å²) in [4.78, 5) is 0. The first-order valence-electron chi connectivity index (χ1n) is 6.72. The number of fused-ring (bicyclic) bond motifs is 1. The molecule has 1 unspecified atom stereocenters. The molecule has 0 aromatic carbocycles. The van der Waals surface area contributed by atoms with E-state index in [9.17, 15) is 5.11 Å². The molecule has 0 aromatic rings. The van der Waals surface area contributed by atoms with Gasteiger partial charge in [0, 0.05) is 5.41 Å². The lowest BCUT2D eigenvalue weighted by Crippen LogP contribution is -2.57. The number of rotatable bonds is 1. The van der Waals surface area contributed by atoms with Gasteiger partial charge in [-0.1, -0.05) is 33.3 Å². The smallest absolute Gasteiger partial charge is 0.0881 e. The second-order valence-electron chi connectivity index (χ2n) is 6.83. The lowest BCUT2D eigenvalue weighted by molar-refractivity contribution is -0.157. The predicted octanol–water partition coefficient (Wildman–Crippen LogP) is 3.92. The fourth-order valence-electron chi connectivity index (χ4n) is 4.55. The van der Waals surface area contributed by atoms with Crippen LogP contribution in [-0.4, -0.2) is 10.7 Å². The molecule has 0 spiro atoms. The maximum atomic E-state index is 10.8. The van der Waals surface area contributed by atoms with Gasteiger partial charge in [0.05, 0.1) is 5.60 Å². The molecule has 2 fully saturated rings. The third-order valence-corrected chi connectivity index (χ3v) is 5.61. The van der Waals surface area contributed by atoms with Gasteiger partial charge in [-0.3, -0.25) is 0 Å². The Morgan fingerprint density at radius 1 is 1.12 bits per heavy atom. The Morgan fingerprint density at radius 3 is 2.44 bits per heavy atom. The van der Waals surface area contributed by atoms with Crippen LogP contribution < -0.4 is 0 Å². The lowest BCUT2D eigenvalue weighted by Gasteiger charge is -2.60. The molecule has 0 aliphatic heterocycles. The molecule has 2 aliphatic rings. The van der Waals surface area contributed by atoms with E-state index in [0.717, 1.165) is 19.3 Å². The molecule has 0 amide bonds. The molecule has 0 radical (unpaired) electrons. The second-order valence-corrected chi connectivity index (χ2v) is 6.83. The minimum Gasteiger partial charge on any atom is -0.385 e. The van der Waals surface area contributed by atoms with E-state index in [2.05, 4.69) is 27.4 Å². The summed E-state index contributed by atoms with van der Waals surface area (Å²) in [7, 11) is 0. The van der Waals surface area contributed by atoms with E-state index < -0.39 is 5.60 Å². The van der Waals surface area contributed by atoms with Crippen molar-refractivity contribution < 1.29 is 5.11 Å². The molecule has 0 bridgehead atoms. The van der Waals surface area contributed by atoms with Crippen molar-refractivity contribution in [2.45, 2.75) is 64.9 Å². The van der Waals surface area contributed by atoms with E-state index in [4.69, 9.17) is 0 Å². The topological polar surface area (TPSA) is 20.2 Å². The van der Waals surface area contributed by atoms with Crippen LogP contribution in [-0.2, 0) is 0 Å². The molecule has 1 heteroatoms. The van der Waals surface area contributed by atoms with Crippen molar-refractivity contribution in [2.24, 2.45) is 16.7 Å². The minimum atomic E-state index is -0.631. The van der Waals surface area contributed by atoms with Gasteiger partial charge in [0.1, 0.15) is 0 Å². The van der Waals surface area contributed by atoms with E-state index >= 15 is 0 Å². The number of hydrogen-bond acceptors (Lipinski definition) is 1. The SMILES string of the molecule is C=CC1(O)CCC[C@@H]2C(C)(C)CCC[C@]21C. The molecule has 2 aliphatic carbocycles. The molecule has 16 heavy (non-hydrogen) atoms. The summed E-state index contributed by atoms with van der Waals surface area (Å²) in [5.41, 5.74) is -0.202. The van der Waals surface area contributed by atoms with Crippen LogP contribution in [0.25, 0.3) is 0 Å². The molecule has 3 atom stereocenters. The summed E-state index contributed by atoms with van der Waals surface area (Å²) in [5.74, 6) is 0.644. The second kappa shape index (κ2) is 3.60. The summed E-state index contributed by atoms with van der Waals surface area (Å²) in [6, 6.07) is 0. The van der Waals surface area contributed by atoms with E-state index in [0.29, 0.717) is 11.3 Å². The first-order chi connectivity index (χ1) is 7.36. The van der Waals surface area contributed by atoms with Gasteiger partial charge < -0.3 is 5.11 Å². The first-order valence-corrected chi connectivity index (χ1v) is 6.72. The van der Waals surface area contributed by atoms with Crippen LogP contribution in [0.5, 0.6) is 0 Å². The zero-order valence-corrected chi connectivity index (χ0v) is 11.1. The maximum Gasteiger partial charge on any atom is 0.0881 e. The van der Waals surface area contributed by atoms with Crippen LogP contribution in [0.3, 0.4) is 0 Å². The van der Waals surface area contributed by atoms with Crippen molar-refractivity contribution in [3.8, 4) is 0 Å². The van der Waals surface area contributed by atoms with E-state index in [-0.39, 0.29) is 5.41 Å². The molecular weight excluding hydrogens is 196 g/mol. The van der Waals surface area contributed by atoms with E-state index in [1.807, 2.05) is 6.08 Å². The van der Waals surface area contributed by atoms with Gasteiger partial charge >= 0.3 is 0 Å². The van der Waals surface area contributed by atoms with Crippen molar-refractivity contribution in [2.75, 3.05) is 0 Å². The third-order valence-electron chi connectivity index (χ3n) is 5.61. The van der Waals surface area contributed by atoms with Gasteiger partial charge in [0.15, 0.2) is 0 Å². The highest BCUT2D eigenvalue weighted by molar-refractivity contribution is 5.15. The van der Waals surface area contributed by atoms with Gasteiger partial charge in [-0.2, -0.15) is 0 Å². The zero-order chi connectivity index (χ0) is 12.0. The van der Waals surface area contributed by atoms with Crippen LogP contribution in [0.15, 0.2) is 12.7 Å². The van der Waals surface area contributed by atoms with Crippen molar-refractivity contribution in [3.05, 3.63) is 12.7 Å². The fourth-order valence-corrected chi connectivity index (χ4v) is 4.55. The molecule has 2 rings (SSSR count). The molecule has 0 saturated heterocycles. The monoisotopic (exact) mass is 222 g/mol. The van der Waals surface area contributed by atoms with E-state index in [1.54, 1.807) is 0 Å². The van der Waals surface area contributed by atoms with Crippen molar-refractivity contribution >= 4 is 0 Å². The lowest BCUT2D eigenvalue weighted by atomic mass is 9.47. The summed E-state index contributed by atoms with van der Waals surface area (Å²) in [6.45, 7) is 10.9. The molecule has 2 saturated carbocycles. The van der Waals surface area contributed by atoms with Crippen molar-refractivity contribution in [1.29, 1.82) is 0 Å². The van der Waals surface area contributed by atoms with Crippen LogP contribution in [0.1, 0.15) is 59.3 Å². The summed E-state index contributed by atoms with van der Waals surface area (Å²) >= 11 is 0. The van der Waals surface area contributed by atoms with Crippen LogP contribution in [0.2, 0.25) is 0 Å². The highest BCUT2D eigenvalue weighted by Gasteiger charge is 2.57. The van der Waals surface area contributed by atoms with Crippen molar-refractivity contribution in [3.63, 3.8) is 0 Å². The normalized spacial score (nSPS) is 47.1. The number of aliphatic hydroxyl groups is 1. The predicted molar refractivity (Wildman–Crippen MR) is 68.2 cm³/mol. The quantitative estimate of drug-likeness (QED) is 0.667. The summed E-state index contributed by atoms with van der Waals surface area (Å²) in [5, 5.41) is 10.8. The average Bonchev–Trinajstić information content (AvgIpc) is 2.20. The number of hydrogen-bond donors (Lipinski definition) is 1. The Bertz CT molecular complexity index is 294. The Hall–Kier alpha value is -0.300. The highest BCUT2D eigenvalue weighted by Crippen LogP contribution is 2.61. The summed E-state index contributed by atoms with van der Waals surface area (Å²) < 4.78 is 0. The van der Waals surface area contributed by atoms with Crippen molar-refractivity contribution in [1.82, 2.24) is 0 Å². The zero-order valence-electron chi connectivity index (χ0n) is 11.1.